The predicted octanol–water partition coefficient (Wildman–Crippen LogP) is 4.98. The summed E-state index contributed by atoms with van der Waals surface area (Å²) in [4.78, 5) is 0. The molecule has 0 aliphatic heterocycles. The van der Waals surface area contributed by atoms with Gasteiger partial charge in [-0.2, -0.15) is 11.8 Å². The zero-order valence-electron chi connectivity index (χ0n) is 10.6. The van der Waals surface area contributed by atoms with Gasteiger partial charge in [-0.1, -0.05) is 12.5 Å². The maximum Gasteiger partial charge on any atom is 0.0320 e. The van der Waals surface area contributed by atoms with E-state index in [9.17, 15) is 0 Å². The third-order valence-electron chi connectivity index (χ3n) is 3.54. The van der Waals surface area contributed by atoms with Crippen LogP contribution in [0.5, 0.6) is 0 Å². The normalized spacial score (nSPS) is 24.2. The van der Waals surface area contributed by atoms with Crippen LogP contribution in [0.3, 0.4) is 0 Å². The standard InChI is InChI=1S/C14H19Br2NS/c1-18-12-4-2-3-11(8-12)17-9-10-5-6-13(15)14(16)7-10/h5-7,11-12,17H,2-4,8-9H2,1H3. The van der Waals surface area contributed by atoms with E-state index in [1.165, 1.54) is 31.2 Å². The highest BCUT2D eigenvalue weighted by atomic mass is 79.9. The van der Waals surface area contributed by atoms with Crippen LogP contribution < -0.4 is 5.32 Å². The van der Waals surface area contributed by atoms with Crippen molar-refractivity contribution in [2.24, 2.45) is 0 Å². The third kappa shape index (κ3) is 4.26. The molecular formula is C14H19Br2NS. The second kappa shape index (κ2) is 7.32. The fourth-order valence-electron chi connectivity index (χ4n) is 2.46. The second-order valence-electron chi connectivity index (χ2n) is 4.85. The summed E-state index contributed by atoms with van der Waals surface area (Å²) >= 11 is 9.08. The molecule has 1 N–H and O–H groups in total. The quantitative estimate of drug-likeness (QED) is 0.775. The summed E-state index contributed by atoms with van der Waals surface area (Å²) < 4.78 is 2.25. The van der Waals surface area contributed by atoms with Gasteiger partial charge in [0.25, 0.3) is 0 Å². The number of hydrogen-bond donors (Lipinski definition) is 1. The summed E-state index contributed by atoms with van der Waals surface area (Å²) in [6.45, 7) is 0.970. The molecule has 0 bridgehead atoms. The minimum atomic E-state index is 0.693. The van der Waals surface area contributed by atoms with Gasteiger partial charge in [0, 0.05) is 26.8 Å². The number of rotatable bonds is 4. The number of nitrogens with one attached hydrogen (secondary N) is 1. The van der Waals surface area contributed by atoms with E-state index in [1.807, 2.05) is 11.8 Å². The van der Waals surface area contributed by atoms with Crippen LogP contribution in [0.25, 0.3) is 0 Å². The SMILES string of the molecule is CSC1CCCC(NCc2ccc(Br)c(Br)c2)C1. The van der Waals surface area contributed by atoms with E-state index >= 15 is 0 Å². The molecule has 1 aromatic rings. The highest BCUT2D eigenvalue weighted by Crippen LogP contribution is 2.27. The molecule has 1 nitrogen and oxygen atoms in total. The van der Waals surface area contributed by atoms with Gasteiger partial charge in [0.05, 0.1) is 0 Å². The maximum atomic E-state index is 3.70. The molecule has 0 aromatic heterocycles. The van der Waals surface area contributed by atoms with E-state index in [-0.39, 0.29) is 0 Å². The van der Waals surface area contributed by atoms with Gasteiger partial charge in [-0.15, -0.1) is 0 Å². The molecule has 2 rings (SSSR count). The van der Waals surface area contributed by atoms with Crippen molar-refractivity contribution in [3.05, 3.63) is 32.7 Å². The van der Waals surface area contributed by atoms with Crippen LogP contribution in [0.2, 0.25) is 0 Å². The van der Waals surface area contributed by atoms with E-state index in [1.54, 1.807) is 0 Å². The first-order valence-corrected chi connectivity index (χ1v) is 9.26. The minimum absolute atomic E-state index is 0.693. The highest BCUT2D eigenvalue weighted by Gasteiger charge is 2.20. The molecule has 1 aliphatic carbocycles. The van der Waals surface area contributed by atoms with Crippen LogP contribution in [0.4, 0.5) is 0 Å². The van der Waals surface area contributed by atoms with Crippen molar-refractivity contribution in [2.75, 3.05) is 6.26 Å². The number of hydrogen-bond acceptors (Lipinski definition) is 2. The fourth-order valence-corrected chi connectivity index (χ4v) is 3.96. The second-order valence-corrected chi connectivity index (χ2v) is 7.70. The molecule has 1 aliphatic rings. The molecule has 0 amide bonds. The Morgan fingerprint density at radius 2 is 2.11 bits per heavy atom. The van der Waals surface area contributed by atoms with Crippen LogP contribution in [0, 0.1) is 0 Å². The van der Waals surface area contributed by atoms with Crippen molar-refractivity contribution in [1.82, 2.24) is 5.32 Å². The zero-order chi connectivity index (χ0) is 13.0. The van der Waals surface area contributed by atoms with E-state index in [2.05, 4.69) is 61.6 Å². The van der Waals surface area contributed by atoms with Crippen molar-refractivity contribution >= 4 is 43.6 Å². The Labute approximate surface area is 131 Å². The number of thioether (sulfide) groups is 1. The highest BCUT2D eigenvalue weighted by molar-refractivity contribution is 9.13. The summed E-state index contributed by atoms with van der Waals surface area (Å²) in [6, 6.07) is 7.16. The molecule has 2 atom stereocenters. The van der Waals surface area contributed by atoms with E-state index in [0.717, 1.165) is 20.7 Å². The van der Waals surface area contributed by atoms with Gasteiger partial charge < -0.3 is 5.32 Å². The van der Waals surface area contributed by atoms with E-state index < -0.39 is 0 Å². The lowest BCUT2D eigenvalue weighted by molar-refractivity contribution is 0.380. The maximum absolute atomic E-state index is 3.70. The van der Waals surface area contributed by atoms with E-state index in [4.69, 9.17) is 0 Å². The predicted molar refractivity (Wildman–Crippen MR) is 88.2 cm³/mol. The largest absolute Gasteiger partial charge is 0.310 e. The van der Waals surface area contributed by atoms with Crippen LogP contribution in [-0.2, 0) is 6.54 Å². The van der Waals surface area contributed by atoms with Crippen molar-refractivity contribution in [2.45, 2.75) is 43.5 Å². The lowest BCUT2D eigenvalue weighted by Crippen LogP contribution is -2.34. The molecule has 0 saturated heterocycles. The number of benzene rings is 1. The Hall–Kier alpha value is 0.490. The van der Waals surface area contributed by atoms with Crippen molar-refractivity contribution < 1.29 is 0 Å². The van der Waals surface area contributed by atoms with Crippen molar-refractivity contribution in [3.8, 4) is 0 Å². The lowest BCUT2D eigenvalue weighted by Gasteiger charge is -2.28. The average molecular weight is 393 g/mol. The molecular weight excluding hydrogens is 374 g/mol. The molecule has 1 saturated carbocycles. The van der Waals surface area contributed by atoms with Gasteiger partial charge in [0.2, 0.25) is 0 Å². The number of halogens is 2. The molecule has 100 valence electrons. The Kier molecular flexibility index (Phi) is 6.05. The van der Waals surface area contributed by atoms with Crippen LogP contribution in [-0.4, -0.2) is 17.5 Å². The molecule has 18 heavy (non-hydrogen) atoms. The first kappa shape index (κ1) is 14.9. The van der Waals surface area contributed by atoms with Gasteiger partial charge in [-0.3, -0.25) is 0 Å². The van der Waals surface area contributed by atoms with Gasteiger partial charge in [-0.05, 0) is 75.1 Å². The molecule has 4 heteroatoms. The van der Waals surface area contributed by atoms with Gasteiger partial charge in [-0.25, -0.2) is 0 Å². The first-order valence-electron chi connectivity index (χ1n) is 6.39. The Morgan fingerprint density at radius 3 is 2.83 bits per heavy atom. The van der Waals surface area contributed by atoms with Gasteiger partial charge >= 0.3 is 0 Å². The topological polar surface area (TPSA) is 12.0 Å². The lowest BCUT2D eigenvalue weighted by atomic mass is 9.95. The van der Waals surface area contributed by atoms with E-state index in [0.29, 0.717) is 6.04 Å². The summed E-state index contributed by atoms with van der Waals surface area (Å²) in [5.41, 5.74) is 1.34. The van der Waals surface area contributed by atoms with Crippen LogP contribution >= 0.6 is 43.6 Å². The van der Waals surface area contributed by atoms with Crippen molar-refractivity contribution in [3.63, 3.8) is 0 Å². The zero-order valence-corrected chi connectivity index (χ0v) is 14.6. The van der Waals surface area contributed by atoms with Gasteiger partial charge in [0.15, 0.2) is 0 Å². The Balaban J connectivity index is 1.85. The molecule has 0 radical (unpaired) electrons. The molecule has 1 aromatic carbocycles. The summed E-state index contributed by atoms with van der Waals surface area (Å²) in [7, 11) is 0. The summed E-state index contributed by atoms with van der Waals surface area (Å²) in [5.74, 6) is 0. The Morgan fingerprint density at radius 1 is 1.28 bits per heavy atom. The Bertz CT molecular complexity index is 397. The minimum Gasteiger partial charge on any atom is -0.310 e. The van der Waals surface area contributed by atoms with Crippen molar-refractivity contribution in [1.29, 1.82) is 0 Å². The molecule has 2 unspecified atom stereocenters. The molecule has 1 fully saturated rings. The van der Waals surface area contributed by atoms with Crippen LogP contribution in [0.15, 0.2) is 27.1 Å². The monoisotopic (exact) mass is 391 g/mol. The van der Waals surface area contributed by atoms with Crippen LogP contribution in [0.1, 0.15) is 31.2 Å². The van der Waals surface area contributed by atoms with Gasteiger partial charge in [0.1, 0.15) is 0 Å². The first-order chi connectivity index (χ1) is 8.69. The smallest absolute Gasteiger partial charge is 0.0320 e. The fraction of sp³-hybridized carbons (Fsp3) is 0.571. The average Bonchev–Trinajstić information content (AvgIpc) is 2.40. The molecule has 0 heterocycles. The third-order valence-corrected chi connectivity index (χ3v) is 6.51. The summed E-state index contributed by atoms with van der Waals surface area (Å²) in [5, 5.41) is 4.55. The summed E-state index contributed by atoms with van der Waals surface area (Å²) in [6.07, 6.45) is 7.64. The molecule has 0 spiro atoms.